The van der Waals surface area contributed by atoms with Gasteiger partial charge in [-0.15, -0.1) is 12.3 Å². The van der Waals surface area contributed by atoms with Crippen LogP contribution in [0.25, 0.3) is 0 Å². The van der Waals surface area contributed by atoms with E-state index in [0.29, 0.717) is 23.6 Å². The van der Waals surface area contributed by atoms with E-state index in [0.717, 1.165) is 6.42 Å². The number of hydrogen-bond donors (Lipinski definition) is 1. The van der Waals surface area contributed by atoms with Crippen LogP contribution in [-0.2, 0) is 0 Å². The Morgan fingerprint density at radius 3 is 3.00 bits per heavy atom. The van der Waals surface area contributed by atoms with Crippen LogP contribution >= 0.6 is 11.6 Å². The monoisotopic (exact) mass is 221 g/mol. The first-order valence-electron chi connectivity index (χ1n) is 4.71. The van der Waals surface area contributed by atoms with Crippen LogP contribution in [0.2, 0.25) is 5.02 Å². The first kappa shape index (κ1) is 11.6. The molecule has 0 saturated heterocycles. The van der Waals surface area contributed by atoms with Crippen molar-refractivity contribution in [3.05, 3.63) is 34.9 Å². The molecule has 78 valence electrons. The lowest BCUT2D eigenvalue weighted by Crippen LogP contribution is -2.24. The average Bonchev–Trinajstić information content (AvgIpc) is 2.24. The number of terminal acetylenes is 1. The zero-order valence-electron chi connectivity index (χ0n) is 8.29. The molecule has 0 heterocycles. The summed E-state index contributed by atoms with van der Waals surface area (Å²) in [7, 11) is 0. The summed E-state index contributed by atoms with van der Waals surface area (Å²) in [5.41, 5.74) is 0.572. The summed E-state index contributed by atoms with van der Waals surface area (Å²) >= 11 is 5.77. The molecule has 0 saturated carbocycles. The highest BCUT2D eigenvalue weighted by Gasteiger charge is 2.03. The highest BCUT2D eigenvalue weighted by Crippen LogP contribution is 2.10. The van der Waals surface area contributed by atoms with Crippen molar-refractivity contribution in [2.45, 2.75) is 12.8 Å². The number of benzene rings is 1. The Labute approximate surface area is 94.6 Å². The van der Waals surface area contributed by atoms with Crippen LogP contribution in [0.1, 0.15) is 23.2 Å². The Balaban J connectivity index is 2.44. The van der Waals surface area contributed by atoms with Gasteiger partial charge in [-0.25, -0.2) is 0 Å². The van der Waals surface area contributed by atoms with Gasteiger partial charge < -0.3 is 5.32 Å². The molecule has 1 amide bonds. The molecular formula is C12H12ClNO. The van der Waals surface area contributed by atoms with Crippen molar-refractivity contribution in [2.75, 3.05) is 6.54 Å². The fourth-order valence-electron chi connectivity index (χ4n) is 1.12. The van der Waals surface area contributed by atoms with Crippen LogP contribution in [0.5, 0.6) is 0 Å². The molecule has 1 N–H and O–H groups in total. The zero-order valence-corrected chi connectivity index (χ0v) is 9.05. The quantitative estimate of drug-likeness (QED) is 0.614. The van der Waals surface area contributed by atoms with Crippen molar-refractivity contribution in [3.8, 4) is 12.3 Å². The molecule has 0 radical (unpaired) electrons. The van der Waals surface area contributed by atoms with E-state index in [1.54, 1.807) is 24.3 Å². The predicted octanol–water partition coefficient (Wildman–Crippen LogP) is 2.48. The average molecular weight is 222 g/mol. The normalized spacial score (nSPS) is 9.33. The van der Waals surface area contributed by atoms with Crippen molar-refractivity contribution in [1.82, 2.24) is 5.32 Å². The Bertz CT molecular complexity index is 381. The minimum absolute atomic E-state index is 0.116. The van der Waals surface area contributed by atoms with Gasteiger partial charge in [-0.2, -0.15) is 0 Å². The van der Waals surface area contributed by atoms with E-state index in [-0.39, 0.29) is 5.91 Å². The van der Waals surface area contributed by atoms with Gasteiger partial charge in [0, 0.05) is 23.6 Å². The molecule has 1 aromatic carbocycles. The Hall–Kier alpha value is -1.46. The number of carbonyl (C=O) groups excluding carboxylic acids is 1. The molecule has 2 nitrogen and oxygen atoms in total. The Morgan fingerprint density at radius 1 is 1.53 bits per heavy atom. The van der Waals surface area contributed by atoms with Crippen LogP contribution in [0.4, 0.5) is 0 Å². The van der Waals surface area contributed by atoms with Gasteiger partial charge in [0.1, 0.15) is 0 Å². The van der Waals surface area contributed by atoms with Gasteiger partial charge in [0.2, 0.25) is 0 Å². The second kappa shape index (κ2) is 6.10. The van der Waals surface area contributed by atoms with Gasteiger partial charge in [0.15, 0.2) is 0 Å². The van der Waals surface area contributed by atoms with Crippen LogP contribution in [0.15, 0.2) is 24.3 Å². The van der Waals surface area contributed by atoms with E-state index in [1.807, 2.05) is 0 Å². The molecular weight excluding hydrogens is 210 g/mol. The molecule has 0 aliphatic heterocycles. The number of unbranched alkanes of at least 4 members (excludes halogenated alkanes) is 1. The third-order valence-corrected chi connectivity index (χ3v) is 2.11. The summed E-state index contributed by atoms with van der Waals surface area (Å²) in [4.78, 5) is 11.5. The van der Waals surface area contributed by atoms with Crippen LogP contribution in [0.3, 0.4) is 0 Å². The van der Waals surface area contributed by atoms with Gasteiger partial charge in [0.25, 0.3) is 5.91 Å². The maximum absolute atomic E-state index is 11.5. The van der Waals surface area contributed by atoms with Crippen molar-refractivity contribution in [3.63, 3.8) is 0 Å². The third kappa shape index (κ3) is 4.05. The minimum Gasteiger partial charge on any atom is -0.352 e. The highest BCUT2D eigenvalue weighted by atomic mass is 35.5. The molecule has 3 heteroatoms. The second-order valence-electron chi connectivity index (χ2n) is 3.07. The van der Waals surface area contributed by atoms with Gasteiger partial charge in [-0.1, -0.05) is 17.7 Å². The summed E-state index contributed by atoms with van der Waals surface area (Å²) in [6.07, 6.45) is 6.57. The number of rotatable bonds is 4. The maximum atomic E-state index is 11.5. The highest BCUT2D eigenvalue weighted by molar-refractivity contribution is 6.30. The predicted molar refractivity (Wildman–Crippen MR) is 61.9 cm³/mol. The molecule has 0 fully saturated rings. The molecule has 0 aliphatic carbocycles. The summed E-state index contributed by atoms with van der Waals surface area (Å²) in [5, 5.41) is 3.33. The van der Waals surface area contributed by atoms with Gasteiger partial charge in [-0.05, 0) is 24.6 Å². The van der Waals surface area contributed by atoms with Gasteiger partial charge in [0.05, 0.1) is 0 Å². The number of nitrogens with one attached hydrogen (secondary N) is 1. The van der Waals surface area contributed by atoms with Crippen molar-refractivity contribution in [2.24, 2.45) is 0 Å². The third-order valence-electron chi connectivity index (χ3n) is 1.87. The number of halogens is 1. The summed E-state index contributed by atoms with van der Waals surface area (Å²) in [6, 6.07) is 6.84. The minimum atomic E-state index is -0.116. The number of amides is 1. The second-order valence-corrected chi connectivity index (χ2v) is 3.51. The molecule has 0 unspecified atom stereocenters. The van der Waals surface area contributed by atoms with Crippen LogP contribution in [-0.4, -0.2) is 12.5 Å². The topological polar surface area (TPSA) is 29.1 Å². The zero-order chi connectivity index (χ0) is 11.1. The molecule has 0 aromatic heterocycles. The lowest BCUT2D eigenvalue weighted by Gasteiger charge is -2.03. The molecule has 0 aliphatic rings. The van der Waals surface area contributed by atoms with Gasteiger partial charge >= 0.3 is 0 Å². The fraction of sp³-hybridized carbons (Fsp3) is 0.250. The van der Waals surface area contributed by atoms with Crippen LogP contribution < -0.4 is 5.32 Å². The van der Waals surface area contributed by atoms with E-state index in [4.69, 9.17) is 18.0 Å². The Morgan fingerprint density at radius 2 is 2.33 bits per heavy atom. The summed E-state index contributed by atoms with van der Waals surface area (Å²) < 4.78 is 0. The molecule has 15 heavy (non-hydrogen) atoms. The van der Waals surface area contributed by atoms with Crippen LogP contribution in [0, 0.1) is 12.3 Å². The first-order valence-corrected chi connectivity index (χ1v) is 5.09. The maximum Gasteiger partial charge on any atom is 0.251 e. The SMILES string of the molecule is C#CCCCNC(=O)c1cccc(Cl)c1. The largest absolute Gasteiger partial charge is 0.352 e. The number of carbonyl (C=O) groups is 1. The lowest BCUT2D eigenvalue weighted by molar-refractivity contribution is 0.0953. The lowest BCUT2D eigenvalue weighted by atomic mass is 10.2. The van der Waals surface area contributed by atoms with E-state index in [2.05, 4.69) is 11.2 Å². The summed E-state index contributed by atoms with van der Waals surface area (Å²) in [6.45, 7) is 0.593. The fourth-order valence-corrected chi connectivity index (χ4v) is 1.31. The molecule has 0 bridgehead atoms. The molecule has 1 aromatic rings. The van der Waals surface area contributed by atoms with Crippen molar-refractivity contribution in [1.29, 1.82) is 0 Å². The molecule has 0 atom stereocenters. The smallest absolute Gasteiger partial charge is 0.251 e. The summed E-state index contributed by atoms with van der Waals surface area (Å²) in [5.74, 6) is 2.40. The number of hydrogen-bond acceptors (Lipinski definition) is 1. The Kier molecular flexibility index (Phi) is 4.73. The van der Waals surface area contributed by atoms with E-state index in [9.17, 15) is 4.79 Å². The van der Waals surface area contributed by atoms with Crippen molar-refractivity contribution >= 4 is 17.5 Å². The van der Waals surface area contributed by atoms with Crippen molar-refractivity contribution < 1.29 is 4.79 Å². The van der Waals surface area contributed by atoms with E-state index in [1.165, 1.54) is 0 Å². The van der Waals surface area contributed by atoms with E-state index < -0.39 is 0 Å². The molecule has 0 spiro atoms. The molecule has 1 rings (SSSR count). The van der Waals surface area contributed by atoms with Gasteiger partial charge in [-0.3, -0.25) is 4.79 Å². The standard InChI is InChI=1S/C12H12ClNO/c1-2-3-4-8-14-12(15)10-6-5-7-11(13)9-10/h1,5-7,9H,3-4,8H2,(H,14,15). The first-order chi connectivity index (χ1) is 7.24. The van der Waals surface area contributed by atoms with E-state index >= 15 is 0 Å².